The number of carbonyl (C=O) groups excluding carboxylic acids is 1. The smallest absolute Gasteiger partial charge is 0.332 e. The molecule has 0 unspecified atom stereocenters. The molecule has 0 bridgehead atoms. The summed E-state index contributed by atoms with van der Waals surface area (Å²) in [6.45, 7) is 2.00. The Bertz CT molecular complexity index is 1240. The molecule has 8 heteroatoms. The van der Waals surface area contributed by atoms with Crippen LogP contribution < -0.4 is 11.0 Å². The lowest BCUT2D eigenvalue weighted by Crippen LogP contribution is -2.16. The first-order valence-electron chi connectivity index (χ1n) is 8.66. The van der Waals surface area contributed by atoms with Crippen LogP contribution in [0.2, 0.25) is 0 Å². The number of hydrogen-bond acceptors (Lipinski definition) is 5. The van der Waals surface area contributed by atoms with Gasteiger partial charge in [-0.05, 0) is 30.2 Å². The van der Waals surface area contributed by atoms with E-state index in [0.29, 0.717) is 22.4 Å². The van der Waals surface area contributed by atoms with Crippen LogP contribution in [-0.2, 0) is 11.2 Å². The molecule has 8 nitrogen and oxygen atoms in total. The first-order chi connectivity index (χ1) is 13.6. The number of nitrogens with zero attached hydrogens (tertiary/aromatic N) is 3. The van der Waals surface area contributed by atoms with E-state index in [1.54, 1.807) is 18.5 Å². The Morgan fingerprint density at radius 1 is 1.18 bits per heavy atom. The number of aryl methyl sites for hydroxylation is 1. The van der Waals surface area contributed by atoms with Crippen LogP contribution in [0.3, 0.4) is 0 Å². The third-order valence-electron chi connectivity index (χ3n) is 4.42. The predicted octanol–water partition coefficient (Wildman–Crippen LogP) is 2.52. The van der Waals surface area contributed by atoms with Gasteiger partial charge >= 0.3 is 12.1 Å². The molecule has 1 amide bonds. The van der Waals surface area contributed by atoms with E-state index in [4.69, 9.17) is 0 Å². The number of fused-ring (bicyclic) bond motifs is 1. The second kappa shape index (κ2) is 6.99. The first kappa shape index (κ1) is 17.5. The van der Waals surface area contributed by atoms with E-state index in [9.17, 15) is 14.7 Å². The third-order valence-corrected chi connectivity index (χ3v) is 4.42. The molecule has 0 saturated carbocycles. The molecule has 0 aliphatic carbocycles. The minimum Gasteiger partial charge on any atom is -0.508 e. The fourth-order valence-electron chi connectivity index (χ4n) is 3.15. The number of hydrogen-bond donors (Lipinski definition) is 3. The lowest BCUT2D eigenvalue weighted by Gasteiger charge is -2.10. The van der Waals surface area contributed by atoms with Crippen LogP contribution in [0.25, 0.3) is 28.2 Å². The number of phenolic OH excluding ortho intramolecular Hbond substituents is 1. The lowest BCUT2D eigenvalue weighted by atomic mass is 10.1. The summed E-state index contributed by atoms with van der Waals surface area (Å²) in [6, 6.07) is 13.9. The van der Waals surface area contributed by atoms with Crippen molar-refractivity contribution in [2.24, 2.45) is 0 Å². The number of aromatic nitrogens is 4. The molecule has 0 aliphatic rings. The number of aromatic amines is 1. The highest BCUT2D eigenvalue weighted by atomic mass is 16.3. The van der Waals surface area contributed by atoms with Gasteiger partial charge in [0.2, 0.25) is 0 Å². The molecular formula is C20H16N5O3. The van der Waals surface area contributed by atoms with Gasteiger partial charge in [-0.3, -0.25) is 4.79 Å². The largest absolute Gasteiger partial charge is 0.508 e. The predicted molar refractivity (Wildman–Crippen MR) is 105 cm³/mol. The van der Waals surface area contributed by atoms with Crippen LogP contribution in [0.4, 0.5) is 5.82 Å². The Hall–Kier alpha value is -3.94. The van der Waals surface area contributed by atoms with Crippen LogP contribution >= 0.6 is 0 Å². The average Bonchev–Trinajstić information content (AvgIpc) is 3.04. The second-order valence-corrected chi connectivity index (χ2v) is 6.12. The molecule has 0 aliphatic heterocycles. The van der Waals surface area contributed by atoms with Crippen molar-refractivity contribution in [2.45, 2.75) is 13.3 Å². The fourth-order valence-corrected chi connectivity index (χ4v) is 3.15. The molecule has 1 radical (unpaired) electrons. The number of nitrogens with one attached hydrogen (secondary N) is 2. The van der Waals surface area contributed by atoms with E-state index in [2.05, 4.69) is 20.3 Å². The average molecular weight is 374 g/mol. The van der Waals surface area contributed by atoms with Crippen molar-refractivity contribution in [2.75, 3.05) is 5.32 Å². The Morgan fingerprint density at radius 3 is 2.75 bits per heavy atom. The van der Waals surface area contributed by atoms with Gasteiger partial charge in [-0.1, -0.05) is 37.3 Å². The van der Waals surface area contributed by atoms with Crippen molar-refractivity contribution >= 4 is 23.4 Å². The number of phenols is 1. The molecule has 0 atom stereocenters. The molecule has 28 heavy (non-hydrogen) atoms. The number of amides is 1. The summed E-state index contributed by atoms with van der Waals surface area (Å²) in [4.78, 5) is 35.3. The van der Waals surface area contributed by atoms with Gasteiger partial charge in [0, 0.05) is 5.56 Å². The van der Waals surface area contributed by atoms with E-state index in [-0.39, 0.29) is 17.4 Å². The van der Waals surface area contributed by atoms with Crippen molar-refractivity contribution in [1.29, 1.82) is 0 Å². The highest BCUT2D eigenvalue weighted by molar-refractivity contribution is 5.91. The molecule has 0 spiro atoms. The summed E-state index contributed by atoms with van der Waals surface area (Å²) in [5.41, 5.74) is 2.43. The number of imidazole rings is 1. The van der Waals surface area contributed by atoms with Gasteiger partial charge in [0.15, 0.2) is 17.3 Å². The molecule has 2 aromatic heterocycles. The number of benzene rings is 2. The van der Waals surface area contributed by atoms with Gasteiger partial charge in [-0.25, -0.2) is 19.3 Å². The van der Waals surface area contributed by atoms with Gasteiger partial charge < -0.3 is 15.4 Å². The van der Waals surface area contributed by atoms with E-state index < -0.39 is 5.69 Å². The van der Waals surface area contributed by atoms with E-state index >= 15 is 0 Å². The van der Waals surface area contributed by atoms with E-state index in [1.807, 2.05) is 31.2 Å². The molecule has 139 valence electrons. The zero-order valence-corrected chi connectivity index (χ0v) is 14.9. The molecule has 2 heterocycles. The summed E-state index contributed by atoms with van der Waals surface area (Å²) in [7, 11) is 0. The number of aromatic hydroxyl groups is 1. The summed E-state index contributed by atoms with van der Waals surface area (Å²) >= 11 is 0. The molecule has 3 N–H and O–H groups in total. The topological polar surface area (TPSA) is 113 Å². The summed E-state index contributed by atoms with van der Waals surface area (Å²) < 4.78 is 1.46. The number of anilines is 1. The highest BCUT2D eigenvalue weighted by Crippen LogP contribution is 2.27. The van der Waals surface area contributed by atoms with Gasteiger partial charge in [-0.2, -0.15) is 0 Å². The van der Waals surface area contributed by atoms with E-state index in [0.717, 1.165) is 12.0 Å². The van der Waals surface area contributed by atoms with Crippen molar-refractivity contribution in [3.05, 3.63) is 64.6 Å². The van der Waals surface area contributed by atoms with Crippen molar-refractivity contribution in [3.63, 3.8) is 0 Å². The molecule has 2 aromatic carbocycles. The molecule has 0 fully saturated rings. The number of H-pyrrole nitrogens is 1. The van der Waals surface area contributed by atoms with Gasteiger partial charge in [0.05, 0.1) is 5.69 Å². The minimum absolute atomic E-state index is 0.0560. The molecule has 0 saturated heterocycles. The van der Waals surface area contributed by atoms with Crippen molar-refractivity contribution in [3.8, 4) is 22.8 Å². The normalized spacial score (nSPS) is 10.9. The Morgan fingerprint density at radius 2 is 2.00 bits per heavy atom. The van der Waals surface area contributed by atoms with Crippen LogP contribution in [0.1, 0.15) is 12.5 Å². The standard InChI is InChI=1S/C20H16N5O3/c1-2-12-6-3-4-9-15(12)25-19-16(22-20(25)28)18(21-11-26)23-17(24-19)13-7-5-8-14(27)10-13/h3-10,27H,2H2,1H3,(H,22,28)(H,21,23,24,26). The van der Waals surface area contributed by atoms with Gasteiger partial charge in [-0.15, -0.1) is 0 Å². The minimum atomic E-state index is -0.396. The third kappa shape index (κ3) is 2.90. The van der Waals surface area contributed by atoms with Crippen LogP contribution in [-0.4, -0.2) is 31.0 Å². The van der Waals surface area contributed by atoms with Crippen molar-refractivity contribution < 1.29 is 9.90 Å². The molecule has 4 aromatic rings. The van der Waals surface area contributed by atoms with Gasteiger partial charge in [0.1, 0.15) is 11.3 Å². The van der Waals surface area contributed by atoms with Crippen LogP contribution in [0.5, 0.6) is 5.75 Å². The summed E-state index contributed by atoms with van der Waals surface area (Å²) in [5, 5.41) is 12.2. The van der Waals surface area contributed by atoms with Gasteiger partial charge in [0.25, 0.3) is 0 Å². The molecular weight excluding hydrogens is 358 g/mol. The molecule has 4 rings (SSSR count). The lowest BCUT2D eigenvalue weighted by molar-refractivity contribution is 0.475. The quantitative estimate of drug-likeness (QED) is 0.465. The SMILES string of the molecule is CCc1ccccc1-n1c(=O)[nH]c2c(N[C]=O)nc(-c3cccc(O)c3)nc21. The van der Waals surface area contributed by atoms with Crippen LogP contribution in [0.15, 0.2) is 53.3 Å². The maximum Gasteiger partial charge on any atom is 0.332 e. The Kier molecular flexibility index (Phi) is 4.36. The maximum atomic E-state index is 12.7. The second-order valence-electron chi connectivity index (χ2n) is 6.12. The highest BCUT2D eigenvalue weighted by Gasteiger charge is 2.18. The first-order valence-corrected chi connectivity index (χ1v) is 8.66. The Labute approximate surface area is 159 Å². The van der Waals surface area contributed by atoms with E-state index in [1.165, 1.54) is 16.7 Å². The maximum absolute atomic E-state index is 12.7. The zero-order valence-electron chi connectivity index (χ0n) is 14.9. The number of para-hydroxylation sites is 1. The monoisotopic (exact) mass is 374 g/mol. The van der Waals surface area contributed by atoms with Crippen LogP contribution in [0, 0.1) is 0 Å². The zero-order chi connectivity index (χ0) is 19.7. The number of rotatable bonds is 5. The summed E-state index contributed by atoms with van der Waals surface area (Å²) in [6.07, 6.45) is 2.32. The fraction of sp³-hybridized carbons (Fsp3) is 0.100. The Balaban J connectivity index is 2.06. The van der Waals surface area contributed by atoms with Crippen molar-refractivity contribution in [1.82, 2.24) is 19.5 Å². The summed E-state index contributed by atoms with van der Waals surface area (Å²) in [5.74, 6) is 0.437.